The third-order valence-corrected chi connectivity index (χ3v) is 6.47. The third kappa shape index (κ3) is 2.52. The number of pyridine rings is 1. The lowest BCUT2D eigenvalue weighted by Gasteiger charge is -2.38. The standard InChI is InChI=1S/C24H17ClFNO5/c1-31-22(29)18-19(13-5-3-2-4-6-13)24(14-7-9-16(26)10-8-14)23(30,21(18)28)20-17(32-24)11-15(25)12-27-20/h2-12,18-19,30H,1H3/t18-,19-,23+,24+/m1/s1. The molecule has 2 heterocycles. The molecule has 3 aromatic rings. The molecule has 1 N–H and O–H groups in total. The average molecular weight is 454 g/mol. The highest BCUT2D eigenvalue weighted by Gasteiger charge is 2.78. The zero-order chi connectivity index (χ0) is 22.7. The zero-order valence-corrected chi connectivity index (χ0v) is 17.5. The number of Topliss-reactive ketones (excluding diaryl/α,β-unsaturated/α-hetero) is 1. The van der Waals surface area contributed by atoms with Crippen molar-refractivity contribution in [3.8, 4) is 5.75 Å². The summed E-state index contributed by atoms with van der Waals surface area (Å²) in [6.45, 7) is 0. The van der Waals surface area contributed by atoms with Crippen LogP contribution in [0.25, 0.3) is 0 Å². The molecule has 2 aromatic carbocycles. The van der Waals surface area contributed by atoms with Gasteiger partial charge in [0.1, 0.15) is 23.2 Å². The normalized spacial score (nSPS) is 28.1. The van der Waals surface area contributed by atoms with Gasteiger partial charge in [0.2, 0.25) is 5.60 Å². The Kier molecular flexibility index (Phi) is 4.58. The van der Waals surface area contributed by atoms with Gasteiger partial charge in [-0.1, -0.05) is 54.1 Å². The second-order valence-electron chi connectivity index (χ2n) is 7.81. The average Bonchev–Trinajstić information content (AvgIpc) is 3.17. The van der Waals surface area contributed by atoms with Crippen LogP contribution in [0.3, 0.4) is 0 Å². The summed E-state index contributed by atoms with van der Waals surface area (Å²) >= 11 is 6.10. The quantitative estimate of drug-likeness (QED) is 0.482. The molecule has 1 fully saturated rings. The number of benzene rings is 2. The topological polar surface area (TPSA) is 85.7 Å². The molecular weight excluding hydrogens is 437 g/mol. The summed E-state index contributed by atoms with van der Waals surface area (Å²) in [6, 6.07) is 15.5. The van der Waals surface area contributed by atoms with E-state index >= 15 is 0 Å². The second-order valence-corrected chi connectivity index (χ2v) is 8.25. The highest BCUT2D eigenvalue weighted by Crippen LogP contribution is 2.66. The highest BCUT2D eigenvalue weighted by atomic mass is 35.5. The van der Waals surface area contributed by atoms with Crippen LogP contribution in [0.1, 0.15) is 22.7 Å². The van der Waals surface area contributed by atoms with Gasteiger partial charge in [-0.2, -0.15) is 0 Å². The molecule has 8 heteroatoms. The zero-order valence-electron chi connectivity index (χ0n) is 16.8. The summed E-state index contributed by atoms with van der Waals surface area (Å²) in [6.07, 6.45) is 1.29. The number of halogens is 2. The van der Waals surface area contributed by atoms with Gasteiger partial charge in [0.05, 0.1) is 18.1 Å². The summed E-state index contributed by atoms with van der Waals surface area (Å²) in [4.78, 5) is 30.9. The Balaban J connectivity index is 1.88. The van der Waals surface area contributed by atoms with Gasteiger partial charge in [-0.3, -0.25) is 14.6 Å². The lowest BCUT2D eigenvalue weighted by molar-refractivity contribution is -0.155. The van der Waals surface area contributed by atoms with Crippen LogP contribution in [-0.2, 0) is 25.5 Å². The summed E-state index contributed by atoms with van der Waals surface area (Å²) < 4.78 is 25.1. The molecule has 0 amide bonds. The van der Waals surface area contributed by atoms with Crippen molar-refractivity contribution in [2.75, 3.05) is 7.11 Å². The number of fused-ring (bicyclic) bond motifs is 3. The van der Waals surface area contributed by atoms with Crippen LogP contribution in [0, 0.1) is 11.7 Å². The van der Waals surface area contributed by atoms with Crippen molar-refractivity contribution in [1.29, 1.82) is 0 Å². The molecule has 0 spiro atoms. The van der Waals surface area contributed by atoms with E-state index in [0.717, 1.165) is 0 Å². The maximum atomic E-state index is 13.8. The van der Waals surface area contributed by atoms with E-state index in [1.807, 2.05) is 0 Å². The number of aliphatic hydroxyl groups is 1. The van der Waals surface area contributed by atoms with Gasteiger partial charge < -0.3 is 14.6 Å². The monoisotopic (exact) mass is 453 g/mol. The van der Waals surface area contributed by atoms with Crippen LogP contribution in [0.2, 0.25) is 5.02 Å². The first-order valence-corrected chi connectivity index (χ1v) is 10.2. The summed E-state index contributed by atoms with van der Waals surface area (Å²) in [5.41, 5.74) is -3.33. The number of methoxy groups -OCH3 is 1. The predicted octanol–water partition coefficient (Wildman–Crippen LogP) is 3.51. The number of carbonyl (C=O) groups excluding carboxylic acids is 2. The Morgan fingerprint density at radius 2 is 1.88 bits per heavy atom. The molecule has 1 aliphatic heterocycles. The van der Waals surface area contributed by atoms with Gasteiger partial charge in [0.15, 0.2) is 11.4 Å². The van der Waals surface area contributed by atoms with Crippen molar-refractivity contribution in [2.45, 2.75) is 17.1 Å². The molecule has 2 aliphatic rings. The first kappa shape index (κ1) is 20.6. The van der Waals surface area contributed by atoms with Crippen molar-refractivity contribution < 1.29 is 28.6 Å². The van der Waals surface area contributed by atoms with Gasteiger partial charge in [-0.25, -0.2) is 4.39 Å². The van der Waals surface area contributed by atoms with Gasteiger partial charge in [-0.15, -0.1) is 0 Å². The number of ketones is 1. The number of carbonyl (C=O) groups is 2. The minimum Gasteiger partial charge on any atom is -0.476 e. The van der Waals surface area contributed by atoms with Crippen molar-refractivity contribution in [3.63, 3.8) is 0 Å². The SMILES string of the molecule is COC(=O)[C@H]1C(=O)[C@@]2(O)c3ncc(Cl)cc3O[C@@]2(c2ccc(F)cc2)[C@@H]1c1ccccc1. The fourth-order valence-corrected chi connectivity index (χ4v) is 5.14. The van der Waals surface area contributed by atoms with Gasteiger partial charge in [0, 0.05) is 17.8 Å². The molecule has 0 bridgehead atoms. The number of nitrogens with zero attached hydrogens (tertiary/aromatic N) is 1. The second kappa shape index (κ2) is 7.12. The Morgan fingerprint density at radius 3 is 2.53 bits per heavy atom. The van der Waals surface area contributed by atoms with E-state index < -0.39 is 40.6 Å². The molecule has 1 aliphatic carbocycles. The number of ether oxygens (including phenoxy) is 2. The van der Waals surface area contributed by atoms with E-state index in [2.05, 4.69) is 4.98 Å². The predicted molar refractivity (Wildman–Crippen MR) is 112 cm³/mol. The molecule has 162 valence electrons. The van der Waals surface area contributed by atoms with Crippen molar-refractivity contribution >= 4 is 23.4 Å². The summed E-state index contributed by atoms with van der Waals surface area (Å²) in [5.74, 6) is -4.39. The number of rotatable bonds is 3. The van der Waals surface area contributed by atoms with Crippen LogP contribution in [0.4, 0.5) is 4.39 Å². The minimum absolute atomic E-state index is 0.0523. The van der Waals surface area contributed by atoms with Gasteiger partial charge in [0.25, 0.3) is 0 Å². The number of hydrogen-bond acceptors (Lipinski definition) is 6. The Labute approximate surface area is 187 Å². The first-order chi connectivity index (χ1) is 15.3. The maximum absolute atomic E-state index is 13.8. The number of esters is 1. The summed E-state index contributed by atoms with van der Waals surface area (Å²) in [5, 5.41) is 12.3. The van der Waals surface area contributed by atoms with Crippen molar-refractivity contribution in [3.05, 3.63) is 94.5 Å². The van der Waals surface area contributed by atoms with E-state index in [4.69, 9.17) is 21.1 Å². The van der Waals surface area contributed by atoms with Crippen LogP contribution in [-0.4, -0.2) is 29.0 Å². The van der Waals surface area contributed by atoms with E-state index in [1.54, 1.807) is 30.3 Å². The Morgan fingerprint density at radius 1 is 1.19 bits per heavy atom. The molecule has 1 saturated carbocycles. The third-order valence-electron chi connectivity index (χ3n) is 6.27. The lowest BCUT2D eigenvalue weighted by atomic mass is 9.71. The van der Waals surface area contributed by atoms with Gasteiger partial charge >= 0.3 is 5.97 Å². The molecule has 32 heavy (non-hydrogen) atoms. The molecule has 5 rings (SSSR count). The van der Waals surface area contributed by atoms with E-state index in [-0.39, 0.29) is 16.5 Å². The largest absolute Gasteiger partial charge is 0.476 e. The lowest BCUT2D eigenvalue weighted by Crippen LogP contribution is -2.51. The van der Waals surface area contributed by atoms with Crippen LogP contribution in [0.5, 0.6) is 5.75 Å². The molecule has 0 unspecified atom stereocenters. The molecule has 1 aromatic heterocycles. The Hall–Kier alpha value is -3.29. The van der Waals surface area contributed by atoms with Crippen molar-refractivity contribution in [1.82, 2.24) is 4.98 Å². The molecule has 6 nitrogen and oxygen atoms in total. The van der Waals surface area contributed by atoms with E-state index in [1.165, 1.54) is 43.6 Å². The smallest absolute Gasteiger partial charge is 0.317 e. The van der Waals surface area contributed by atoms with Gasteiger partial charge in [-0.05, 0) is 17.7 Å². The molecule has 0 radical (unpaired) electrons. The fraction of sp³-hybridized carbons (Fsp3) is 0.208. The number of hydrogen-bond donors (Lipinski definition) is 1. The van der Waals surface area contributed by atoms with Crippen LogP contribution in [0.15, 0.2) is 66.9 Å². The van der Waals surface area contributed by atoms with Crippen LogP contribution < -0.4 is 4.74 Å². The van der Waals surface area contributed by atoms with Crippen molar-refractivity contribution in [2.24, 2.45) is 5.92 Å². The fourth-order valence-electron chi connectivity index (χ4n) is 5.00. The summed E-state index contributed by atoms with van der Waals surface area (Å²) in [7, 11) is 1.17. The molecule has 0 saturated heterocycles. The molecular formula is C24H17ClFNO5. The Bertz CT molecular complexity index is 1230. The number of aromatic nitrogens is 1. The maximum Gasteiger partial charge on any atom is 0.317 e. The molecule has 4 atom stereocenters. The highest BCUT2D eigenvalue weighted by molar-refractivity contribution is 6.30. The minimum atomic E-state index is -2.34. The first-order valence-electron chi connectivity index (χ1n) is 9.85. The van der Waals surface area contributed by atoms with E-state index in [9.17, 15) is 19.1 Å². The van der Waals surface area contributed by atoms with Crippen LogP contribution >= 0.6 is 11.6 Å². The van der Waals surface area contributed by atoms with E-state index in [0.29, 0.717) is 11.1 Å².